The standard InChI is InChI=1S/C20H29BrFN3O2.HI/c1-2-23-20(24-9-3-5-15-7-8-16(21)13-17(15)22)25-10-12-27-19(14-25)18-6-4-11-26-18;/h7-8,13,18-19H,2-6,9-12,14H2,1H3,(H,23,24);1H. The van der Waals surface area contributed by atoms with E-state index in [1.165, 1.54) is 6.07 Å². The van der Waals surface area contributed by atoms with E-state index in [0.717, 1.165) is 61.5 Å². The third kappa shape index (κ3) is 6.81. The lowest BCUT2D eigenvalue weighted by Gasteiger charge is -2.37. The maximum Gasteiger partial charge on any atom is 0.194 e. The van der Waals surface area contributed by atoms with Crippen molar-refractivity contribution >= 4 is 45.9 Å². The van der Waals surface area contributed by atoms with Crippen LogP contribution in [0.2, 0.25) is 0 Å². The van der Waals surface area contributed by atoms with E-state index < -0.39 is 0 Å². The molecule has 2 heterocycles. The van der Waals surface area contributed by atoms with E-state index in [9.17, 15) is 4.39 Å². The number of guanidine groups is 1. The van der Waals surface area contributed by atoms with Crippen molar-refractivity contribution in [2.75, 3.05) is 39.4 Å². The molecule has 0 aliphatic carbocycles. The van der Waals surface area contributed by atoms with E-state index in [-0.39, 0.29) is 42.0 Å². The molecule has 1 aromatic carbocycles. The summed E-state index contributed by atoms with van der Waals surface area (Å²) in [5.41, 5.74) is 0.739. The van der Waals surface area contributed by atoms with Crippen LogP contribution in [0.1, 0.15) is 31.7 Å². The molecule has 2 aliphatic heterocycles. The minimum atomic E-state index is -0.159. The van der Waals surface area contributed by atoms with Crippen molar-refractivity contribution in [3.63, 3.8) is 0 Å². The van der Waals surface area contributed by atoms with Crippen LogP contribution in [0.5, 0.6) is 0 Å². The van der Waals surface area contributed by atoms with Gasteiger partial charge >= 0.3 is 0 Å². The summed E-state index contributed by atoms with van der Waals surface area (Å²) >= 11 is 3.29. The summed E-state index contributed by atoms with van der Waals surface area (Å²) in [6.45, 7) is 6.73. The monoisotopic (exact) mass is 569 g/mol. The highest BCUT2D eigenvalue weighted by Crippen LogP contribution is 2.21. The van der Waals surface area contributed by atoms with E-state index in [2.05, 4.69) is 33.1 Å². The van der Waals surface area contributed by atoms with Gasteiger partial charge in [-0.15, -0.1) is 24.0 Å². The SMILES string of the molecule is CCNC(=NCCCc1ccc(Br)cc1F)N1CCOC(C2CCCO2)C1.I. The number of aryl methyl sites for hydroxylation is 1. The van der Waals surface area contributed by atoms with Crippen LogP contribution >= 0.6 is 39.9 Å². The van der Waals surface area contributed by atoms with Crippen molar-refractivity contribution in [3.05, 3.63) is 34.1 Å². The first-order valence-corrected chi connectivity index (χ1v) is 10.7. The van der Waals surface area contributed by atoms with Gasteiger partial charge in [0.1, 0.15) is 11.9 Å². The smallest absolute Gasteiger partial charge is 0.194 e. The second-order valence-corrected chi connectivity index (χ2v) is 7.90. The Labute approximate surface area is 192 Å². The Morgan fingerprint density at radius 1 is 1.32 bits per heavy atom. The van der Waals surface area contributed by atoms with E-state index in [0.29, 0.717) is 19.6 Å². The Kier molecular flexibility index (Phi) is 10.5. The Hall–Kier alpha value is -0.450. The van der Waals surface area contributed by atoms with Crippen LogP contribution in [-0.2, 0) is 15.9 Å². The van der Waals surface area contributed by atoms with Gasteiger partial charge < -0.3 is 19.7 Å². The molecule has 2 fully saturated rings. The molecule has 2 aliphatic rings. The van der Waals surface area contributed by atoms with Crippen LogP contribution in [0.15, 0.2) is 27.7 Å². The normalized spacial score (nSPS) is 22.8. The predicted octanol–water partition coefficient (Wildman–Crippen LogP) is 3.98. The van der Waals surface area contributed by atoms with Crippen molar-refractivity contribution in [1.29, 1.82) is 0 Å². The van der Waals surface area contributed by atoms with Gasteiger partial charge in [0, 0.05) is 37.3 Å². The fourth-order valence-corrected chi connectivity index (χ4v) is 3.93. The number of benzene rings is 1. The highest BCUT2D eigenvalue weighted by atomic mass is 127. The number of aliphatic imine (C=N–C) groups is 1. The minimum absolute atomic E-state index is 0. The molecular formula is C20H30BrFIN3O2. The summed E-state index contributed by atoms with van der Waals surface area (Å²) < 4.78 is 26.4. The Morgan fingerprint density at radius 2 is 2.14 bits per heavy atom. The van der Waals surface area contributed by atoms with Gasteiger partial charge in [-0.3, -0.25) is 4.99 Å². The lowest BCUT2D eigenvalue weighted by molar-refractivity contribution is -0.0817. The Balaban J connectivity index is 0.00000280. The third-order valence-electron chi connectivity index (χ3n) is 4.99. The summed E-state index contributed by atoms with van der Waals surface area (Å²) in [4.78, 5) is 7.03. The molecule has 5 nitrogen and oxygen atoms in total. The number of hydrogen-bond acceptors (Lipinski definition) is 3. The number of ether oxygens (including phenoxy) is 2. The van der Waals surface area contributed by atoms with E-state index >= 15 is 0 Å². The van der Waals surface area contributed by atoms with Crippen LogP contribution in [0.3, 0.4) is 0 Å². The van der Waals surface area contributed by atoms with Crippen LogP contribution in [-0.4, -0.2) is 62.5 Å². The van der Waals surface area contributed by atoms with E-state index in [4.69, 9.17) is 14.5 Å². The lowest BCUT2D eigenvalue weighted by atomic mass is 10.1. The number of nitrogens with one attached hydrogen (secondary N) is 1. The maximum absolute atomic E-state index is 13.9. The molecule has 1 N–H and O–H groups in total. The highest BCUT2D eigenvalue weighted by molar-refractivity contribution is 14.0. The van der Waals surface area contributed by atoms with E-state index in [1.54, 1.807) is 0 Å². The van der Waals surface area contributed by atoms with Crippen molar-refractivity contribution in [1.82, 2.24) is 10.2 Å². The predicted molar refractivity (Wildman–Crippen MR) is 124 cm³/mol. The largest absolute Gasteiger partial charge is 0.375 e. The summed E-state index contributed by atoms with van der Waals surface area (Å²) in [7, 11) is 0. The molecule has 2 unspecified atom stereocenters. The molecule has 0 amide bonds. The number of morpholine rings is 1. The molecule has 1 aromatic rings. The average molecular weight is 570 g/mol. The zero-order valence-electron chi connectivity index (χ0n) is 16.3. The van der Waals surface area contributed by atoms with Gasteiger partial charge in [-0.05, 0) is 50.3 Å². The van der Waals surface area contributed by atoms with Gasteiger partial charge in [-0.1, -0.05) is 22.0 Å². The second kappa shape index (κ2) is 12.3. The molecular weight excluding hydrogens is 540 g/mol. The first-order valence-electron chi connectivity index (χ1n) is 9.87. The zero-order valence-corrected chi connectivity index (χ0v) is 20.2. The van der Waals surface area contributed by atoms with Crippen molar-refractivity contribution in [2.45, 2.75) is 44.8 Å². The summed E-state index contributed by atoms with van der Waals surface area (Å²) in [6, 6.07) is 5.23. The minimum Gasteiger partial charge on any atom is -0.375 e. The van der Waals surface area contributed by atoms with Gasteiger partial charge in [0.25, 0.3) is 0 Å². The van der Waals surface area contributed by atoms with Crippen molar-refractivity contribution < 1.29 is 13.9 Å². The molecule has 8 heteroatoms. The molecule has 0 spiro atoms. The fraction of sp³-hybridized carbons (Fsp3) is 0.650. The molecule has 0 saturated carbocycles. The highest BCUT2D eigenvalue weighted by Gasteiger charge is 2.32. The van der Waals surface area contributed by atoms with Crippen LogP contribution < -0.4 is 5.32 Å². The summed E-state index contributed by atoms with van der Waals surface area (Å²) in [6.07, 6.45) is 4.00. The fourth-order valence-electron chi connectivity index (χ4n) is 3.59. The van der Waals surface area contributed by atoms with Crippen molar-refractivity contribution in [3.8, 4) is 0 Å². The molecule has 158 valence electrons. The Morgan fingerprint density at radius 3 is 2.86 bits per heavy atom. The van der Waals surface area contributed by atoms with E-state index in [1.807, 2.05) is 12.1 Å². The summed E-state index contributed by atoms with van der Waals surface area (Å²) in [5.74, 6) is 0.757. The number of nitrogens with zero attached hydrogens (tertiary/aromatic N) is 2. The first kappa shape index (κ1) is 23.8. The molecule has 0 aromatic heterocycles. The van der Waals surface area contributed by atoms with Crippen LogP contribution in [0.4, 0.5) is 4.39 Å². The van der Waals surface area contributed by atoms with Crippen molar-refractivity contribution in [2.24, 2.45) is 4.99 Å². The molecule has 28 heavy (non-hydrogen) atoms. The van der Waals surface area contributed by atoms with Crippen LogP contribution in [0.25, 0.3) is 0 Å². The van der Waals surface area contributed by atoms with Crippen LogP contribution in [0, 0.1) is 5.82 Å². The number of halogens is 3. The topological polar surface area (TPSA) is 46.1 Å². The molecule has 2 saturated heterocycles. The first-order chi connectivity index (χ1) is 13.2. The molecule has 2 atom stereocenters. The summed E-state index contributed by atoms with van der Waals surface area (Å²) in [5, 5.41) is 3.38. The maximum atomic E-state index is 13.9. The lowest BCUT2D eigenvalue weighted by Crippen LogP contribution is -2.53. The van der Waals surface area contributed by atoms with Gasteiger partial charge in [-0.2, -0.15) is 0 Å². The average Bonchev–Trinajstić information content (AvgIpc) is 3.20. The third-order valence-corrected chi connectivity index (χ3v) is 5.48. The van der Waals surface area contributed by atoms with Gasteiger partial charge in [0.15, 0.2) is 5.96 Å². The second-order valence-electron chi connectivity index (χ2n) is 6.98. The zero-order chi connectivity index (χ0) is 19.1. The molecule has 3 rings (SSSR count). The quantitative estimate of drug-likeness (QED) is 0.244. The molecule has 0 bridgehead atoms. The number of rotatable bonds is 6. The number of hydrogen-bond donors (Lipinski definition) is 1. The Bertz CT molecular complexity index is 644. The van der Waals surface area contributed by atoms with Gasteiger partial charge in [0.2, 0.25) is 0 Å². The van der Waals surface area contributed by atoms with Gasteiger partial charge in [0.05, 0.1) is 12.7 Å². The molecule has 0 radical (unpaired) electrons. The van der Waals surface area contributed by atoms with Gasteiger partial charge in [-0.25, -0.2) is 4.39 Å².